The van der Waals surface area contributed by atoms with Gasteiger partial charge in [0.2, 0.25) is 0 Å². The molecule has 0 spiro atoms. The number of halogens is 1. The van der Waals surface area contributed by atoms with Crippen molar-refractivity contribution in [3.63, 3.8) is 0 Å². The summed E-state index contributed by atoms with van der Waals surface area (Å²) in [5.74, 6) is 0.0888. The van der Waals surface area contributed by atoms with E-state index in [0.717, 1.165) is 26.2 Å². The molecular weight excluding hydrogens is 521 g/mol. The SMILES string of the molecule is [Ga+3].[O-][Cl+](O)(O)O.[O-]c1ccccc1C=NCCN1CC1.[O-]c1ccccc1C=NCCN1CC1. The van der Waals surface area contributed by atoms with E-state index in [-0.39, 0.29) is 31.3 Å². The molecule has 12 heteroatoms. The fourth-order valence-electron chi connectivity index (χ4n) is 2.49. The molecule has 0 amide bonds. The van der Waals surface area contributed by atoms with Crippen LogP contribution in [0.15, 0.2) is 58.5 Å². The molecule has 0 radical (unpaired) electrons. The van der Waals surface area contributed by atoms with E-state index >= 15 is 0 Å². The number of hydrogen-bond acceptors (Lipinski definition) is 10. The van der Waals surface area contributed by atoms with Gasteiger partial charge < -0.3 is 10.2 Å². The molecule has 2 aromatic rings. The van der Waals surface area contributed by atoms with Crippen LogP contribution in [0.1, 0.15) is 11.1 Å². The zero-order chi connectivity index (χ0) is 24.1. The van der Waals surface area contributed by atoms with Gasteiger partial charge in [0.15, 0.2) is 0 Å². The summed E-state index contributed by atoms with van der Waals surface area (Å²) in [6.45, 7) is 8.40. The molecule has 182 valence electrons. The van der Waals surface area contributed by atoms with Crippen LogP contribution in [0.5, 0.6) is 11.5 Å². The third-order valence-corrected chi connectivity index (χ3v) is 4.47. The Morgan fingerprint density at radius 1 is 0.735 bits per heavy atom. The largest absolute Gasteiger partial charge is 0.872 e. The van der Waals surface area contributed by atoms with Crippen LogP contribution < -0.4 is 14.9 Å². The zero-order valence-electron chi connectivity index (χ0n) is 18.7. The van der Waals surface area contributed by atoms with Gasteiger partial charge >= 0.3 is 48.7 Å². The van der Waals surface area contributed by atoms with Crippen molar-refractivity contribution in [3.05, 3.63) is 59.7 Å². The van der Waals surface area contributed by atoms with Gasteiger partial charge in [-0.05, 0) is 11.1 Å². The van der Waals surface area contributed by atoms with Crippen LogP contribution in [0, 0.1) is 10.2 Å². The maximum Gasteiger partial charge on any atom is 0.0517 e. The van der Waals surface area contributed by atoms with Crippen LogP contribution in [-0.4, -0.2) is 108 Å². The molecule has 3 N–H and O–H groups in total. The first-order valence-corrected chi connectivity index (χ1v) is 11.7. The molecule has 2 fully saturated rings. The van der Waals surface area contributed by atoms with E-state index in [4.69, 9.17) is 18.6 Å². The van der Waals surface area contributed by atoms with Crippen LogP contribution in [-0.2, 0) is 0 Å². The van der Waals surface area contributed by atoms with Crippen LogP contribution in [0.3, 0.4) is 0 Å². The Hall–Kier alpha value is -1.93. The van der Waals surface area contributed by atoms with Gasteiger partial charge in [0.1, 0.15) is 0 Å². The molecule has 0 bridgehead atoms. The second kappa shape index (κ2) is 15.9. The van der Waals surface area contributed by atoms with Crippen molar-refractivity contribution < 1.29 is 39.1 Å². The number of aliphatic imine (C=N–C) groups is 2. The quantitative estimate of drug-likeness (QED) is 0.189. The monoisotopic (exact) mass is 549 g/mol. The average Bonchev–Trinajstić information content (AvgIpc) is 3.66. The molecule has 2 saturated heterocycles. The summed E-state index contributed by atoms with van der Waals surface area (Å²) in [5, 5.41) is 22.5. The first kappa shape index (κ1) is 30.1. The average molecular weight is 551 g/mol. The maximum absolute atomic E-state index is 11.3. The minimum absolute atomic E-state index is 0. The van der Waals surface area contributed by atoms with Crippen LogP contribution in [0.25, 0.3) is 0 Å². The molecule has 2 aliphatic rings. The van der Waals surface area contributed by atoms with Crippen molar-refractivity contribution >= 4 is 32.2 Å². The van der Waals surface area contributed by atoms with E-state index in [0.29, 0.717) is 11.1 Å². The van der Waals surface area contributed by atoms with Gasteiger partial charge in [0.05, 0.1) is 13.1 Å². The molecule has 34 heavy (non-hydrogen) atoms. The molecule has 2 heterocycles. The van der Waals surface area contributed by atoms with Crippen molar-refractivity contribution in [2.24, 2.45) is 9.98 Å². The van der Waals surface area contributed by atoms with Crippen molar-refractivity contribution in [1.82, 2.24) is 9.80 Å². The summed E-state index contributed by atoms with van der Waals surface area (Å²) in [4.78, 5) is 13.0. The summed E-state index contributed by atoms with van der Waals surface area (Å²) < 4.78 is 30.2. The van der Waals surface area contributed by atoms with Crippen molar-refractivity contribution in [1.29, 1.82) is 0 Å². The first-order valence-electron chi connectivity index (χ1n) is 10.3. The predicted molar refractivity (Wildman–Crippen MR) is 122 cm³/mol. The first-order chi connectivity index (χ1) is 15.7. The Bertz CT molecular complexity index is 831. The van der Waals surface area contributed by atoms with E-state index in [2.05, 4.69) is 19.8 Å². The normalized spacial score (nSPS) is 15.6. The molecule has 2 aliphatic heterocycles. The molecule has 4 rings (SSSR count). The third kappa shape index (κ3) is 15.8. The third-order valence-electron chi connectivity index (χ3n) is 4.47. The molecule has 2 aromatic carbocycles. The Balaban J connectivity index is 0.000000278. The van der Waals surface area contributed by atoms with E-state index in [1.165, 1.54) is 26.2 Å². The van der Waals surface area contributed by atoms with Gasteiger partial charge in [-0.2, -0.15) is 0 Å². The molecule has 0 saturated carbocycles. The number of rotatable bonds is 8. The molecule has 0 aromatic heterocycles. The molecular formula is C22H29ClGaN4O6+. The fraction of sp³-hybridized carbons (Fsp3) is 0.364. The molecule has 0 atom stereocenters. The number of hydrogen-bond donors (Lipinski definition) is 3. The van der Waals surface area contributed by atoms with Gasteiger partial charge in [-0.15, -0.1) is 11.5 Å². The van der Waals surface area contributed by atoms with E-state index in [1.54, 1.807) is 48.8 Å². The Morgan fingerprint density at radius 2 is 1.06 bits per heavy atom. The van der Waals surface area contributed by atoms with Crippen LogP contribution >= 0.6 is 0 Å². The van der Waals surface area contributed by atoms with E-state index in [1.807, 2.05) is 12.1 Å². The Morgan fingerprint density at radius 3 is 1.35 bits per heavy atom. The van der Waals surface area contributed by atoms with E-state index < -0.39 is 10.2 Å². The summed E-state index contributed by atoms with van der Waals surface area (Å²) in [7, 11) is -4.19. The van der Waals surface area contributed by atoms with Gasteiger partial charge in [-0.3, -0.25) is 19.8 Å². The van der Waals surface area contributed by atoms with Gasteiger partial charge in [-0.1, -0.05) is 48.5 Å². The minimum Gasteiger partial charge on any atom is -0.872 e. The summed E-state index contributed by atoms with van der Waals surface area (Å²) in [6, 6.07) is 13.9. The summed E-state index contributed by atoms with van der Waals surface area (Å²) in [5.41, 5.74) is 1.36. The summed E-state index contributed by atoms with van der Waals surface area (Å²) >= 11 is 0. The van der Waals surface area contributed by atoms with E-state index in [9.17, 15) is 10.2 Å². The number of nitrogens with zero attached hydrogens (tertiary/aromatic N) is 4. The number of para-hydroxylation sites is 2. The van der Waals surface area contributed by atoms with Crippen molar-refractivity contribution in [3.8, 4) is 11.5 Å². The molecule has 0 aliphatic carbocycles. The topological polar surface area (TPSA) is 161 Å². The molecule has 0 unspecified atom stereocenters. The standard InChI is InChI=1S/2C11H14N2O.ClH3O4.Ga/c2*14-11-4-2-1-3-10(11)9-12-5-6-13-7-8-13;2-1(3,4)5;/h2*1-4,9,14H,5-8H2;2-4H;/q;;;+3/p-2. The predicted octanol–water partition coefficient (Wildman–Crippen LogP) is -2.25. The van der Waals surface area contributed by atoms with Crippen molar-refractivity contribution in [2.75, 3.05) is 52.4 Å². The van der Waals surface area contributed by atoms with Crippen molar-refractivity contribution in [2.45, 2.75) is 0 Å². The van der Waals surface area contributed by atoms with Gasteiger partial charge in [0, 0.05) is 51.7 Å². The maximum atomic E-state index is 11.3. The number of benzene rings is 2. The smallest absolute Gasteiger partial charge is 0.0517 e. The Kier molecular flexibility index (Phi) is 14.0. The zero-order valence-corrected chi connectivity index (χ0v) is 21.9. The van der Waals surface area contributed by atoms with Crippen LogP contribution in [0.2, 0.25) is 0 Å². The second-order valence-electron chi connectivity index (χ2n) is 7.26. The minimum atomic E-state index is -4.19. The molecule has 10 nitrogen and oxygen atoms in total. The Labute approximate surface area is 214 Å². The van der Waals surface area contributed by atoms with Gasteiger partial charge in [0.25, 0.3) is 0 Å². The second-order valence-corrected chi connectivity index (χ2v) is 8.13. The fourth-order valence-corrected chi connectivity index (χ4v) is 2.49. The van der Waals surface area contributed by atoms with Crippen LogP contribution in [0.4, 0.5) is 0 Å². The van der Waals surface area contributed by atoms with Gasteiger partial charge in [-0.25, -0.2) is 0 Å². The summed E-state index contributed by atoms with van der Waals surface area (Å²) in [6.07, 6.45) is 3.34.